The molecule has 0 saturated heterocycles. The van der Waals surface area contributed by atoms with Crippen molar-refractivity contribution in [3.63, 3.8) is 0 Å². The highest BCUT2D eigenvalue weighted by Crippen LogP contribution is 2.18. The van der Waals surface area contributed by atoms with Crippen LogP contribution in [0.15, 0.2) is 23.0 Å². The van der Waals surface area contributed by atoms with Crippen molar-refractivity contribution in [2.24, 2.45) is 5.73 Å². The average molecular weight is 234 g/mol. The van der Waals surface area contributed by atoms with Gasteiger partial charge in [-0.2, -0.15) is 0 Å². The van der Waals surface area contributed by atoms with Crippen LogP contribution in [0.5, 0.6) is 0 Å². The number of nitrogens with two attached hydrogens (primary N) is 1. The molecule has 1 aromatic carbocycles. The van der Waals surface area contributed by atoms with E-state index in [0.717, 1.165) is 29.7 Å². The maximum atomic E-state index is 11.1. The lowest BCUT2D eigenvalue weighted by Crippen LogP contribution is -2.25. The Morgan fingerprint density at radius 3 is 2.76 bits per heavy atom. The Labute approximate surface area is 99.6 Å². The topological polar surface area (TPSA) is 77.9 Å². The number of rotatable bonds is 4. The number of anilines is 1. The highest BCUT2D eigenvalue weighted by Gasteiger charge is 2.05. The van der Waals surface area contributed by atoms with Gasteiger partial charge in [-0.1, -0.05) is 0 Å². The first-order chi connectivity index (χ1) is 8.06. The molecule has 92 valence electrons. The number of aromatic nitrogens is 2. The second-order valence-electron chi connectivity index (χ2n) is 4.50. The maximum Gasteiger partial charge on any atom is 0.323 e. The first-order valence-corrected chi connectivity index (χ1v) is 5.75. The molecule has 0 amide bonds. The largest absolute Gasteiger partial charge is 0.374 e. The van der Waals surface area contributed by atoms with E-state index in [2.05, 4.69) is 14.9 Å². The van der Waals surface area contributed by atoms with Gasteiger partial charge in [0.05, 0.1) is 11.0 Å². The van der Waals surface area contributed by atoms with Gasteiger partial charge >= 0.3 is 5.69 Å². The molecule has 0 bridgehead atoms. The molecule has 1 unspecified atom stereocenters. The van der Waals surface area contributed by atoms with Crippen molar-refractivity contribution >= 4 is 16.7 Å². The zero-order chi connectivity index (χ0) is 12.4. The van der Waals surface area contributed by atoms with Gasteiger partial charge in [0.15, 0.2) is 0 Å². The van der Waals surface area contributed by atoms with E-state index >= 15 is 0 Å². The molecule has 2 aromatic rings. The Balaban J connectivity index is 2.20. The summed E-state index contributed by atoms with van der Waals surface area (Å²) in [6.45, 7) is 2.90. The summed E-state index contributed by atoms with van der Waals surface area (Å²) in [5.74, 6) is 0. The molecule has 1 atom stereocenters. The van der Waals surface area contributed by atoms with E-state index in [0.29, 0.717) is 0 Å². The number of benzene rings is 1. The lowest BCUT2D eigenvalue weighted by molar-refractivity contribution is 0.659. The third kappa shape index (κ3) is 2.68. The van der Waals surface area contributed by atoms with Crippen molar-refractivity contribution in [2.75, 3.05) is 18.5 Å². The van der Waals surface area contributed by atoms with Crippen molar-refractivity contribution in [3.05, 3.63) is 28.7 Å². The van der Waals surface area contributed by atoms with E-state index in [4.69, 9.17) is 5.73 Å². The molecule has 0 aliphatic heterocycles. The van der Waals surface area contributed by atoms with Gasteiger partial charge in [-0.05, 0) is 31.5 Å². The van der Waals surface area contributed by atoms with Crippen LogP contribution in [0.4, 0.5) is 5.69 Å². The SMILES string of the molecule is CC(N)CCN(C)c1ccc2[nH]c(=O)[nH]c2c1. The van der Waals surface area contributed by atoms with Crippen LogP contribution >= 0.6 is 0 Å². The van der Waals surface area contributed by atoms with E-state index in [1.54, 1.807) is 0 Å². The molecule has 0 aliphatic rings. The minimum atomic E-state index is -0.171. The van der Waals surface area contributed by atoms with Gasteiger partial charge in [-0.3, -0.25) is 0 Å². The Morgan fingerprint density at radius 2 is 2.06 bits per heavy atom. The lowest BCUT2D eigenvalue weighted by Gasteiger charge is -2.20. The van der Waals surface area contributed by atoms with Crippen molar-refractivity contribution in [2.45, 2.75) is 19.4 Å². The molecule has 0 fully saturated rings. The van der Waals surface area contributed by atoms with Crippen LogP contribution in [0.2, 0.25) is 0 Å². The summed E-state index contributed by atoms with van der Waals surface area (Å²) in [4.78, 5) is 18.8. The van der Waals surface area contributed by atoms with E-state index in [9.17, 15) is 4.79 Å². The second-order valence-corrected chi connectivity index (χ2v) is 4.50. The number of nitrogens with one attached hydrogen (secondary N) is 2. The molecular weight excluding hydrogens is 216 g/mol. The summed E-state index contributed by atoms with van der Waals surface area (Å²) in [5.41, 5.74) is 8.31. The molecular formula is C12H18N4O. The van der Waals surface area contributed by atoms with Crippen LogP contribution in [0.25, 0.3) is 11.0 Å². The fraction of sp³-hybridized carbons (Fsp3) is 0.417. The number of hydrogen-bond acceptors (Lipinski definition) is 3. The first kappa shape index (κ1) is 11.7. The summed E-state index contributed by atoms with van der Waals surface area (Å²) >= 11 is 0. The quantitative estimate of drug-likeness (QED) is 0.739. The average Bonchev–Trinajstić information content (AvgIpc) is 2.64. The zero-order valence-electron chi connectivity index (χ0n) is 10.2. The molecule has 4 N–H and O–H groups in total. The number of fused-ring (bicyclic) bond motifs is 1. The van der Waals surface area contributed by atoms with E-state index in [1.807, 2.05) is 32.2 Å². The fourth-order valence-electron chi connectivity index (χ4n) is 1.78. The molecule has 17 heavy (non-hydrogen) atoms. The first-order valence-electron chi connectivity index (χ1n) is 5.75. The number of nitrogens with zero attached hydrogens (tertiary/aromatic N) is 1. The Bertz CT molecular complexity index is 555. The van der Waals surface area contributed by atoms with Gasteiger partial charge < -0.3 is 20.6 Å². The highest BCUT2D eigenvalue weighted by molar-refractivity contribution is 5.78. The van der Waals surface area contributed by atoms with E-state index in [1.165, 1.54) is 0 Å². The van der Waals surface area contributed by atoms with E-state index in [-0.39, 0.29) is 11.7 Å². The van der Waals surface area contributed by atoms with Crippen molar-refractivity contribution in [1.29, 1.82) is 0 Å². The number of H-pyrrole nitrogens is 2. The van der Waals surface area contributed by atoms with Gasteiger partial charge in [0.2, 0.25) is 0 Å². The van der Waals surface area contributed by atoms with Gasteiger partial charge in [0.1, 0.15) is 0 Å². The molecule has 5 nitrogen and oxygen atoms in total. The molecule has 1 heterocycles. The molecule has 5 heteroatoms. The third-order valence-electron chi connectivity index (χ3n) is 2.86. The van der Waals surface area contributed by atoms with Crippen LogP contribution in [0, 0.1) is 0 Å². The van der Waals surface area contributed by atoms with Gasteiger partial charge in [-0.15, -0.1) is 0 Å². The van der Waals surface area contributed by atoms with Crippen molar-refractivity contribution in [3.8, 4) is 0 Å². The van der Waals surface area contributed by atoms with Crippen LogP contribution in [-0.2, 0) is 0 Å². The molecule has 0 saturated carbocycles. The molecule has 1 aromatic heterocycles. The van der Waals surface area contributed by atoms with Crippen LogP contribution < -0.4 is 16.3 Å². The van der Waals surface area contributed by atoms with Crippen molar-refractivity contribution in [1.82, 2.24) is 9.97 Å². The molecule has 0 spiro atoms. The molecule has 0 aliphatic carbocycles. The summed E-state index contributed by atoms with van der Waals surface area (Å²) in [5, 5.41) is 0. The lowest BCUT2D eigenvalue weighted by atomic mass is 10.2. The van der Waals surface area contributed by atoms with Crippen LogP contribution in [0.3, 0.4) is 0 Å². The standard InChI is InChI=1S/C12H18N4O/c1-8(13)5-6-16(2)9-3-4-10-11(7-9)15-12(17)14-10/h3-4,7-8H,5-6,13H2,1-2H3,(H2,14,15,17). The minimum absolute atomic E-state index is 0.171. The molecule has 2 rings (SSSR count). The monoisotopic (exact) mass is 234 g/mol. The summed E-state index contributed by atoms with van der Waals surface area (Å²) in [6, 6.07) is 6.07. The molecule has 0 radical (unpaired) electrons. The van der Waals surface area contributed by atoms with Crippen LogP contribution in [-0.4, -0.2) is 29.6 Å². The second kappa shape index (κ2) is 4.63. The fourth-order valence-corrected chi connectivity index (χ4v) is 1.78. The summed E-state index contributed by atoms with van der Waals surface area (Å²) in [7, 11) is 2.02. The number of aromatic amines is 2. The van der Waals surface area contributed by atoms with E-state index < -0.39 is 0 Å². The normalized spacial score (nSPS) is 12.9. The smallest absolute Gasteiger partial charge is 0.323 e. The summed E-state index contributed by atoms with van der Waals surface area (Å²) < 4.78 is 0. The minimum Gasteiger partial charge on any atom is -0.374 e. The van der Waals surface area contributed by atoms with Gasteiger partial charge in [0, 0.05) is 25.3 Å². The summed E-state index contributed by atoms with van der Waals surface area (Å²) in [6.07, 6.45) is 0.943. The number of hydrogen-bond donors (Lipinski definition) is 3. The third-order valence-corrected chi connectivity index (χ3v) is 2.86. The number of imidazole rings is 1. The van der Waals surface area contributed by atoms with Crippen molar-refractivity contribution < 1.29 is 0 Å². The van der Waals surface area contributed by atoms with Gasteiger partial charge in [0.25, 0.3) is 0 Å². The predicted octanol–water partition coefficient (Wildman–Crippen LogP) is 1.03. The maximum absolute atomic E-state index is 11.1. The predicted molar refractivity (Wildman–Crippen MR) is 70.5 cm³/mol. The highest BCUT2D eigenvalue weighted by atomic mass is 16.1. The van der Waals surface area contributed by atoms with Crippen LogP contribution in [0.1, 0.15) is 13.3 Å². The van der Waals surface area contributed by atoms with Gasteiger partial charge in [-0.25, -0.2) is 4.79 Å². The Morgan fingerprint density at radius 1 is 1.35 bits per heavy atom. The Kier molecular flexibility index (Phi) is 3.19. The zero-order valence-corrected chi connectivity index (χ0v) is 10.2. The Hall–Kier alpha value is -1.75.